The van der Waals surface area contributed by atoms with Crippen LogP contribution in [0.15, 0.2) is 80.1 Å². The molecule has 0 radical (unpaired) electrons. The SMILES string of the molecule is CCOC(=O)C1=C(C)N=c2s/c(=C\c3cccc(OC)c3OCc3ccccc3Cl)c(=O)n2[C@H]1c1cc(OC)c(OC)cc1Br. The largest absolute Gasteiger partial charge is 0.493 e. The molecule has 234 valence electrons. The first-order valence-corrected chi connectivity index (χ1v) is 15.8. The Morgan fingerprint density at radius 3 is 2.44 bits per heavy atom. The molecule has 0 bridgehead atoms. The van der Waals surface area contributed by atoms with Crippen LogP contribution in [0.5, 0.6) is 23.0 Å². The van der Waals surface area contributed by atoms with Crippen molar-refractivity contribution in [2.45, 2.75) is 26.5 Å². The summed E-state index contributed by atoms with van der Waals surface area (Å²) < 4.78 is 30.8. The van der Waals surface area contributed by atoms with Crippen molar-refractivity contribution in [1.29, 1.82) is 0 Å². The minimum Gasteiger partial charge on any atom is -0.493 e. The van der Waals surface area contributed by atoms with Crippen LogP contribution in [0.4, 0.5) is 0 Å². The normalized spacial score (nSPS) is 14.5. The summed E-state index contributed by atoms with van der Waals surface area (Å²) in [5, 5.41) is 0.580. The van der Waals surface area contributed by atoms with E-state index in [1.54, 1.807) is 51.3 Å². The zero-order valence-corrected chi connectivity index (χ0v) is 28.3. The van der Waals surface area contributed by atoms with Crippen LogP contribution in [-0.4, -0.2) is 38.5 Å². The third kappa shape index (κ3) is 6.38. The van der Waals surface area contributed by atoms with E-state index < -0.39 is 12.0 Å². The number of fused-ring (bicyclic) bond motifs is 1. The Labute approximate surface area is 277 Å². The molecule has 4 aromatic rings. The number of carbonyl (C=O) groups is 1. The maximum atomic E-state index is 14.3. The molecule has 0 saturated carbocycles. The van der Waals surface area contributed by atoms with Gasteiger partial charge in [-0.3, -0.25) is 9.36 Å². The molecule has 1 aliphatic rings. The smallest absolute Gasteiger partial charge is 0.338 e. The fourth-order valence-electron chi connectivity index (χ4n) is 5.03. The zero-order chi connectivity index (χ0) is 32.2. The molecule has 5 rings (SSSR count). The van der Waals surface area contributed by atoms with Crippen molar-refractivity contribution in [3.63, 3.8) is 0 Å². The molecule has 1 aromatic heterocycles. The topological polar surface area (TPSA) is 97.6 Å². The molecule has 2 heterocycles. The van der Waals surface area contributed by atoms with Gasteiger partial charge in [0.1, 0.15) is 6.61 Å². The van der Waals surface area contributed by atoms with Gasteiger partial charge in [0.15, 0.2) is 27.8 Å². The third-order valence-electron chi connectivity index (χ3n) is 7.16. The third-order valence-corrected chi connectivity index (χ3v) is 9.20. The van der Waals surface area contributed by atoms with Crippen molar-refractivity contribution in [2.24, 2.45) is 4.99 Å². The molecular weight excluding hydrogens is 684 g/mol. The zero-order valence-electron chi connectivity index (χ0n) is 25.2. The minimum atomic E-state index is -0.863. The number of benzene rings is 3. The van der Waals surface area contributed by atoms with E-state index in [1.165, 1.54) is 30.1 Å². The van der Waals surface area contributed by atoms with E-state index in [1.807, 2.05) is 30.3 Å². The van der Waals surface area contributed by atoms with Crippen LogP contribution in [0, 0.1) is 0 Å². The molecule has 0 aliphatic carbocycles. The van der Waals surface area contributed by atoms with Crippen molar-refractivity contribution in [2.75, 3.05) is 27.9 Å². The van der Waals surface area contributed by atoms with E-state index in [0.717, 1.165) is 5.56 Å². The Balaban J connectivity index is 1.69. The van der Waals surface area contributed by atoms with Gasteiger partial charge in [-0.15, -0.1) is 0 Å². The average molecular weight is 714 g/mol. The highest BCUT2D eigenvalue weighted by Crippen LogP contribution is 2.41. The van der Waals surface area contributed by atoms with Crippen LogP contribution in [0.25, 0.3) is 6.08 Å². The maximum Gasteiger partial charge on any atom is 0.338 e. The molecule has 3 aromatic carbocycles. The van der Waals surface area contributed by atoms with Crippen molar-refractivity contribution >= 4 is 50.9 Å². The van der Waals surface area contributed by atoms with E-state index in [0.29, 0.717) is 58.7 Å². The fraction of sp³-hybridized carbons (Fsp3) is 0.242. The second kappa shape index (κ2) is 13.9. The van der Waals surface area contributed by atoms with Gasteiger partial charge in [0, 0.05) is 20.6 Å². The molecule has 9 nitrogen and oxygen atoms in total. The van der Waals surface area contributed by atoms with Gasteiger partial charge in [0.2, 0.25) is 0 Å². The van der Waals surface area contributed by atoms with Crippen LogP contribution in [-0.2, 0) is 16.1 Å². The maximum absolute atomic E-state index is 14.3. The van der Waals surface area contributed by atoms with Gasteiger partial charge in [-0.1, -0.05) is 69.2 Å². The first-order valence-electron chi connectivity index (χ1n) is 13.9. The lowest BCUT2D eigenvalue weighted by molar-refractivity contribution is -0.139. The Morgan fingerprint density at radius 1 is 1.04 bits per heavy atom. The number of ether oxygens (including phenoxy) is 5. The van der Waals surface area contributed by atoms with Gasteiger partial charge >= 0.3 is 5.97 Å². The Morgan fingerprint density at radius 2 is 1.76 bits per heavy atom. The number of hydrogen-bond acceptors (Lipinski definition) is 9. The van der Waals surface area contributed by atoms with Gasteiger partial charge < -0.3 is 23.7 Å². The highest BCUT2D eigenvalue weighted by Gasteiger charge is 2.35. The van der Waals surface area contributed by atoms with Crippen molar-refractivity contribution in [1.82, 2.24) is 4.57 Å². The number of hydrogen-bond donors (Lipinski definition) is 0. The molecule has 0 N–H and O–H groups in total. The molecular formula is C33H30BrClN2O7S. The predicted molar refractivity (Wildman–Crippen MR) is 176 cm³/mol. The van der Waals surface area contributed by atoms with Crippen LogP contribution >= 0.6 is 38.9 Å². The van der Waals surface area contributed by atoms with Crippen LogP contribution in [0.2, 0.25) is 5.02 Å². The number of halogens is 2. The highest BCUT2D eigenvalue weighted by molar-refractivity contribution is 9.10. The van der Waals surface area contributed by atoms with Crippen LogP contribution in [0.3, 0.4) is 0 Å². The molecule has 12 heteroatoms. The van der Waals surface area contributed by atoms with Crippen molar-refractivity contribution in [3.05, 3.63) is 112 Å². The van der Waals surface area contributed by atoms with Crippen molar-refractivity contribution < 1.29 is 28.5 Å². The first-order chi connectivity index (χ1) is 21.7. The van der Waals surface area contributed by atoms with Crippen LogP contribution < -0.4 is 33.8 Å². The minimum absolute atomic E-state index is 0.159. The molecule has 0 spiro atoms. The average Bonchev–Trinajstić information content (AvgIpc) is 3.33. The lowest BCUT2D eigenvalue weighted by Crippen LogP contribution is -2.40. The van der Waals surface area contributed by atoms with Crippen LogP contribution in [0.1, 0.15) is 36.6 Å². The molecule has 1 atom stereocenters. The summed E-state index contributed by atoms with van der Waals surface area (Å²) in [4.78, 5) is 32.7. The summed E-state index contributed by atoms with van der Waals surface area (Å²) in [5.41, 5.74) is 2.36. The number of allylic oxidation sites excluding steroid dienone is 1. The predicted octanol–water partition coefficient (Wildman–Crippen LogP) is 5.82. The quantitative estimate of drug-likeness (QED) is 0.191. The summed E-state index contributed by atoms with van der Waals surface area (Å²) in [7, 11) is 4.61. The molecule has 0 unspecified atom stereocenters. The molecule has 0 saturated heterocycles. The number of aromatic nitrogens is 1. The Bertz CT molecular complexity index is 1990. The highest BCUT2D eigenvalue weighted by atomic mass is 79.9. The molecule has 1 aliphatic heterocycles. The molecule has 0 amide bonds. The number of esters is 1. The number of methoxy groups -OCH3 is 3. The van der Waals surface area contributed by atoms with E-state index in [4.69, 9.17) is 35.3 Å². The molecule has 0 fully saturated rings. The second-order valence-electron chi connectivity index (χ2n) is 9.79. The van der Waals surface area contributed by atoms with E-state index in [9.17, 15) is 9.59 Å². The van der Waals surface area contributed by atoms with E-state index in [2.05, 4.69) is 20.9 Å². The van der Waals surface area contributed by atoms with Gasteiger partial charge in [-0.2, -0.15) is 0 Å². The van der Waals surface area contributed by atoms with Gasteiger partial charge in [0.05, 0.1) is 49.8 Å². The monoisotopic (exact) mass is 712 g/mol. The fourth-order valence-corrected chi connectivity index (χ4v) is 6.80. The number of rotatable bonds is 10. The number of carbonyl (C=O) groups excluding carboxylic acids is 1. The number of para-hydroxylation sites is 1. The standard InChI is InChI=1S/C33H30BrClN2O7S/c1-6-43-32(39)28-18(2)36-33-37(29(28)21-15-25(41-4)26(42-5)16-22(21)34)31(38)27(45-33)14-19-11-9-13-24(40-3)30(19)44-17-20-10-7-8-12-23(20)35/h7-16,29H,6,17H2,1-5H3/b27-14-/t29-/m0/s1. The Kier molecular flexibility index (Phi) is 10.0. The van der Waals surface area contributed by atoms with E-state index >= 15 is 0 Å². The summed E-state index contributed by atoms with van der Waals surface area (Å²) in [6, 6.07) is 15.5. The Hall–Kier alpha value is -4.06. The summed E-state index contributed by atoms with van der Waals surface area (Å²) in [5.74, 6) is 1.31. The molecule has 45 heavy (non-hydrogen) atoms. The lowest BCUT2D eigenvalue weighted by Gasteiger charge is -2.26. The number of nitrogens with zero attached hydrogens (tertiary/aromatic N) is 2. The van der Waals surface area contributed by atoms with Crippen molar-refractivity contribution in [3.8, 4) is 23.0 Å². The van der Waals surface area contributed by atoms with Gasteiger partial charge in [0.25, 0.3) is 5.56 Å². The second-order valence-corrected chi connectivity index (χ2v) is 12.1. The first kappa shape index (κ1) is 32.3. The van der Waals surface area contributed by atoms with Gasteiger partial charge in [-0.25, -0.2) is 9.79 Å². The lowest BCUT2D eigenvalue weighted by atomic mass is 9.95. The summed E-state index contributed by atoms with van der Waals surface area (Å²) >= 11 is 11.2. The van der Waals surface area contributed by atoms with E-state index in [-0.39, 0.29) is 24.3 Å². The summed E-state index contributed by atoms with van der Waals surface area (Å²) in [6.07, 6.45) is 1.73. The van der Waals surface area contributed by atoms with Gasteiger partial charge in [-0.05, 0) is 49.8 Å². The summed E-state index contributed by atoms with van der Waals surface area (Å²) in [6.45, 7) is 3.81. The number of thiazole rings is 1.